The molecule has 8 aliphatic rings. The number of carbonyl (C=O) groups excluding carboxylic acids is 5. The fourth-order valence-corrected chi connectivity index (χ4v) is 12.6. The molecule has 14 nitrogen and oxygen atoms in total. The summed E-state index contributed by atoms with van der Waals surface area (Å²) in [6, 6.07) is 29.6. The van der Waals surface area contributed by atoms with Crippen LogP contribution in [0, 0.1) is 11.8 Å². The summed E-state index contributed by atoms with van der Waals surface area (Å²) in [4.78, 5) is 84.0. The molecular formula is C59H66N4O10Si. The van der Waals surface area contributed by atoms with E-state index in [4.69, 9.17) is 14.2 Å². The average molecular weight is 1020 g/mol. The number of likely N-dealkylation sites (tertiary alicyclic amines) is 2. The first kappa shape index (κ1) is 50.5. The number of hydrogen-bond donors (Lipinski definition) is 1. The zero-order valence-electron chi connectivity index (χ0n) is 42.8. The van der Waals surface area contributed by atoms with Crippen LogP contribution in [0.2, 0.25) is 26.2 Å². The maximum atomic E-state index is 13.7. The van der Waals surface area contributed by atoms with Gasteiger partial charge >= 0.3 is 24.1 Å². The van der Waals surface area contributed by atoms with Gasteiger partial charge in [0.2, 0.25) is 11.8 Å². The molecule has 6 aliphatic heterocycles. The second-order valence-corrected chi connectivity index (χ2v) is 28.2. The Morgan fingerprint density at radius 1 is 0.527 bits per heavy atom. The number of carboxylic acid groups (broad SMARTS) is 1. The molecule has 12 rings (SSSR count). The molecule has 8 atom stereocenters. The number of fused-ring (bicyclic) bond motifs is 10. The van der Waals surface area contributed by atoms with Crippen LogP contribution in [0.15, 0.2) is 121 Å². The Hall–Kier alpha value is -7.00. The lowest BCUT2D eigenvalue weighted by Gasteiger charge is -2.32. The van der Waals surface area contributed by atoms with Crippen LogP contribution in [-0.2, 0) is 33.4 Å². The number of methoxy groups -OCH3 is 1. The van der Waals surface area contributed by atoms with E-state index in [1.165, 1.54) is 28.0 Å². The van der Waals surface area contributed by atoms with Crippen molar-refractivity contribution >= 4 is 44.0 Å². The van der Waals surface area contributed by atoms with Crippen LogP contribution in [0.1, 0.15) is 72.6 Å². The molecule has 0 aromatic heterocycles. The van der Waals surface area contributed by atoms with Crippen molar-refractivity contribution in [2.75, 3.05) is 33.4 Å². The van der Waals surface area contributed by atoms with Crippen molar-refractivity contribution in [3.63, 3.8) is 0 Å². The largest absolute Gasteiger partial charge is 0.480 e. The van der Waals surface area contributed by atoms with E-state index in [1.807, 2.05) is 72.8 Å². The van der Waals surface area contributed by atoms with Gasteiger partial charge in [0.1, 0.15) is 37.4 Å². The number of rotatable bonds is 6. The molecule has 0 spiro atoms. The van der Waals surface area contributed by atoms with Crippen LogP contribution in [0.4, 0.5) is 9.59 Å². The summed E-state index contributed by atoms with van der Waals surface area (Å²) < 4.78 is 16.6. The van der Waals surface area contributed by atoms with E-state index in [2.05, 4.69) is 74.7 Å². The lowest BCUT2D eigenvalue weighted by Crippen LogP contribution is -2.54. The van der Waals surface area contributed by atoms with Gasteiger partial charge in [0.15, 0.2) is 0 Å². The van der Waals surface area contributed by atoms with E-state index in [0.717, 1.165) is 33.4 Å². The molecule has 74 heavy (non-hydrogen) atoms. The van der Waals surface area contributed by atoms with E-state index >= 15 is 0 Å². The van der Waals surface area contributed by atoms with Crippen LogP contribution < -0.4 is 0 Å². The summed E-state index contributed by atoms with van der Waals surface area (Å²) in [5.41, 5.74) is 9.22. The molecule has 4 aromatic carbocycles. The molecule has 4 amide bonds. The zero-order valence-corrected chi connectivity index (χ0v) is 43.8. The maximum Gasteiger partial charge on any atom is 0.410 e. The van der Waals surface area contributed by atoms with Gasteiger partial charge in [-0.1, -0.05) is 148 Å². The minimum absolute atomic E-state index is 0.0406. The first-order valence-electron chi connectivity index (χ1n) is 26.2. The molecular weight excluding hydrogens is 953 g/mol. The number of amides is 4. The number of hydrogen-bond acceptors (Lipinski definition) is 9. The summed E-state index contributed by atoms with van der Waals surface area (Å²) in [7, 11) is 0.731. The normalized spacial score (nSPS) is 25.9. The molecule has 4 fully saturated rings. The molecule has 0 unspecified atom stereocenters. The van der Waals surface area contributed by atoms with E-state index in [0.29, 0.717) is 51.6 Å². The molecule has 6 heterocycles. The predicted octanol–water partition coefficient (Wildman–Crippen LogP) is 9.32. The van der Waals surface area contributed by atoms with E-state index < -0.39 is 56.4 Å². The van der Waals surface area contributed by atoms with Crippen molar-refractivity contribution in [1.82, 2.24) is 19.6 Å². The van der Waals surface area contributed by atoms with Gasteiger partial charge in [0.25, 0.3) is 0 Å². The molecule has 386 valence electrons. The number of esters is 1. The number of nitrogens with zero attached hydrogens (tertiary/aromatic N) is 4. The van der Waals surface area contributed by atoms with Crippen molar-refractivity contribution in [3.05, 3.63) is 144 Å². The van der Waals surface area contributed by atoms with Gasteiger partial charge in [-0.3, -0.25) is 19.4 Å². The highest BCUT2D eigenvalue weighted by atomic mass is 28.3. The van der Waals surface area contributed by atoms with Crippen LogP contribution in [0.5, 0.6) is 0 Å². The third-order valence-electron chi connectivity index (χ3n) is 15.8. The highest BCUT2D eigenvalue weighted by molar-refractivity contribution is 6.74. The van der Waals surface area contributed by atoms with Gasteiger partial charge in [-0.2, -0.15) is 0 Å². The van der Waals surface area contributed by atoms with Crippen LogP contribution in [0.3, 0.4) is 0 Å². The van der Waals surface area contributed by atoms with Crippen LogP contribution >= 0.6 is 0 Å². The minimum Gasteiger partial charge on any atom is -0.480 e. The number of carbonyl (C=O) groups is 6. The number of ether oxygens (including phenoxy) is 3. The Bertz CT molecular complexity index is 2820. The predicted molar refractivity (Wildman–Crippen MR) is 282 cm³/mol. The van der Waals surface area contributed by atoms with Gasteiger partial charge in [0, 0.05) is 44.8 Å². The number of benzene rings is 4. The topological polar surface area (TPSA) is 163 Å². The Morgan fingerprint density at radius 3 is 1.24 bits per heavy atom. The molecule has 1 N–H and O–H groups in total. The van der Waals surface area contributed by atoms with Gasteiger partial charge in [-0.15, -0.1) is 0 Å². The molecule has 0 bridgehead atoms. The smallest absolute Gasteiger partial charge is 0.410 e. The van der Waals surface area contributed by atoms with E-state index in [-0.39, 0.29) is 60.8 Å². The Labute approximate surface area is 433 Å². The van der Waals surface area contributed by atoms with Crippen LogP contribution in [0.25, 0.3) is 22.3 Å². The zero-order chi connectivity index (χ0) is 52.0. The SMILES string of the molecule is COC(=O)[C@@H]1CC[C@@H]2C=C[C@H]3CCN(C(=O)OCC4c5ccccc5-c5ccccc54)[C@@H]3C(=O)N21.C[Si](C)(C)C.O=C(O)[C@@H]1CC[C@@H]2C=C[C@H]3CCN(C(=O)OCC4c5ccccc5-c5ccccc54)[C@@H]3C(=O)N21. The summed E-state index contributed by atoms with van der Waals surface area (Å²) in [6.07, 6.45) is 10.7. The summed E-state index contributed by atoms with van der Waals surface area (Å²) in [5.74, 6) is -2.16. The first-order chi connectivity index (χ1) is 35.6. The average Bonchev–Trinajstić information content (AvgIpc) is 4.26. The van der Waals surface area contributed by atoms with Crippen molar-refractivity contribution in [2.45, 2.75) is 113 Å². The third-order valence-corrected chi connectivity index (χ3v) is 15.8. The fourth-order valence-electron chi connectivity index (χ4n) is 12.6. The number of aliphatic carboxylic acids is 1. The van der Waals surface area contributed by atoms with E-state index in [1.54, 1.807) is 9.80 Å². The van der Waals surface area contributed by atoms with Crippen molar-refractivity contribution < 1.29 is 48.1 Å². The van der Waals surface area contributed by atoms with Gasteiger partial charge in [-0.25, -0.2) is 19.2 Å². The van der Waals surface area contributed by atoms with E-state index in [9.17, 15) is 33.9 Å². The van der Waals surface area contributed by atoms with Crippen molar-refractivity contribution in [2.24, 2.45) is 11.8 Å². The maximum absolute atomic E-state index is 13.7. The summed E-state index contributed by atoms with van der Waals surface area (Å²) in [5, 5.41) is 9.62. The molecule has 2 aliphatic carbocycles. The van der Waals surface area contributed by atoms with Gasteiger partial charge in [-0.05, 0) is 83.0 Å². The second kappa shape index (κ2) is 20.7. The van der Waals surface area contributed by atoms with Gasteiger partial charge < -0.3 is 29.1 Å². The first-order valence-corrected chi connectivity index (χ1v) is 30.2. The standard InChI is InChI=1S/C28H28N2O5.C27H26N2O5.C4H12Si/c1-34-27(32)24-13-12-18-11-10-17-14-15-29(25(17)26(31)30(18)24)28(33)35-16-23-21-8-4-2-6-19(21)20-7-3-5-9-22(20)23;30-25-24-16(9-10-17-11-12-23(26(31)32)29(17)25)13-14-28(24)27(33)34-15-22-20-7-3-1-5-18(20)19-6-2-4-8-21(19)22;1-5(2,3)4/h2-11,17-18,23-25H,12-16H2,1H3;1-10,16-17,22-24H,11-15H2,(H,31,32);1-4H3/t17-,18-,24-,25-;16-,17-,23-,24-;/m00./s1. The lowest BCUT2D eigenvalue weighted by molar-refractivity contribution is -0.153. The number of carboxylic acids is 1. The Morgan fingerprint density at radius 2 is 0.878 bits per heavy atom. The highest BCUT2D eigenvalue weighted by Gasteiger charge is 2.52. The molecule has 4 saturated heterocycles. The summed E-state index contributed by atoms with van der Waals surface area (Å²) >= 11 is 0. The van der Waals surface area contributed by atoms with Crippen molar-refractivity contribution in [1.29, 1.82) is 0 Å². The molecule has 15 heteroatoms. The Balaban J connectivity index is 0.000000155. The fraction of sp³-hybridized carbons (Fsp3) is 0.424. The van der Waals surface area contributed by atoms with Gasteiger partial charge in [0.05, 0.1) is 19.2 Å². The minimum atomic E-state index is -0.992. The van der Waals surface area contributed by atoms with Crippen LogP contribution in [-0.4, -0.2) is 138 Å². The highest BCUT2D eigenvalue weighted by Crippen LogP contribution is 2.47. The summed E-state index contributed by atoms with van der Waals surface area (Å²) in [6.45, 7) is 10.6. The molecule has 0 saturated carbocycles. The molecule has 0 radical (unpaired) electrons. The Kier molecular flexibility index (Phi) is 14.1. The second-order valence-electron chi connectivity index (χ2n) is 22.2. The quantitative estimate of drug-likeness (QED) is 0.0853. The third kappa shape index (κ3) is 9.55. The van der Waals surface area contributed by atoms with Crippen molar-refractivity contribution in [3.8, 4) is 22.3 Å². The monoisotopic (exact) mass is 1020 g/mol. The lowest BCUT2D eigenvalue weighted by atomic mass is 9.98. The molecule has 4 aromatic rings.